The molecule has 0 aliphatic heterocycles. The van der Waals surface area contributed by atoms with Gasteiger partial charge in [-0.15, -0.1) is 0 Å². The zero-order chi connectivity index (χ0) is 25.2. The Balaban J connectivity index is 1.75. The van der Waals surface area contributed by atoms with Crippen LogP contribution >= 0.6 is 0 Å². The molecule has 9 nitrogen and oxygen atoms in total. The average Bonchev–Trinajstić information content (AvgIpc) is 2.89. The number of para-hydroxylation sites is 1. The smallest absolute Gasteiger partial charge is 0.263 e. The number of aromatic amines is 1. The molecule has 0 aliphatic rings. The van der Waals surface area contributed by atoms with Crippen molar-refractivity contribution in [2.45, 2.75) is 13.0 Å². The second-order valence-electron chi connectivity index (χ2n) is 8.20. The number of nitrogens with two attached hydrogens (primary N) is 1. The molecule has 3 heterocycles. The van der Waals surface area contributed by atoms with Gasteiger partial charge in [0.2, 0.25) is 17.2 Å². The van der Waals surface area contributed by atoms with Gasteiger partial charge in [0.25, 0.3) is 5.56 Å². The summed E-state index contributed by atoms with van der Waals surface area (Å²) in [5.41, 5.74) is 8.36. The molecule has 0 unspecified atom stereocenters. The number of nitrogens with one attached hydrogen (secondary N) is 2. The summed E-state index contributed by atoms with van der Waals surface area (Å²) in [4.78, 5) is 39.9. The van der Waals surface area contributed by atoms with Crippen molar-refractivity contribution in [3.63, 3.8) is 0 Å². The number of H-pyrrole nitrogens is 1. The van der Waals surface area contributed by atoms with Crippen molar-refractivity contribution < 1.29 is 0 Å². The van der Waals surface area contributed by atoms with Gasteiger partial charge >= 0.3 is 0 Å². The molecule has 0 saturated carbocycles. The third-order valence-corrected chi connectivity index (χ3v) is 5.89. The van der Waals surface area contributed by atoms with Crippen LogP contribution in [-0.4, -0.2) is 19.5 Å². The molecule has 0 fully saturated rings. The van der Waals surface area contributed by atoms with E-state index in [1.165, 1.54) is 12.3 Å². The van der Waals surface area contributed by atoms with Crippen LogP contribution in [0.25, 0.3) is 32.4 Å². The number of pyridine rings is 2. The molecule has 0 bridgehead atoms. The first-order chi connectivity index (χ1) is 17.5. The van der Waals surface area contributed by atoms with E-state index >= 15 is 0 Å². The normalized spacial score (nSPS) is 11.7. The number of hydrogen-bond acceptors (Lipinski definition) is 6. The minimum Gasteiger partial charge on any atom is -0.371 e. The van der Waals surface area contributed by atoms with E-state index in [-0.39, 0.29) is 22.8 Å². The van der Waals surface area contributed by atoms with E-state index < -0.39 is 6.04 Å². The third kappa shape index (κ3) is 4.08. The van der Waals surface area contributed by atoms with E-state index in [2.05, 4.69) is 25.1 Å². The van der Waals surface area contributed by atoms with Gasteiger partial charge in [0.1, 0.15) is 5.82 Å². The Morgan fingerprint density at radius 1 is 1.08 bits per heavy atom. The number of anilines is 2. The first kappa shape index (κ1) is 22.6. The molecule has 5 rings (SSSR count). The quantitative estimate of drug-likeness (QED) is 0.323. The van der Waals surface area contributed by atoms with Crippen molar-refractivity contribution in [2.24, 2.45) is 0 Å². The summed E-state index contributed by atoms with van der Waals surface area (Å²) in [6.45, 7) is 9.31. The van der Waals surface area contributed by atoms with Gasteiger partial charge < -0.3 is 16.0 Å². The SMILES string of the molecule is [C-]#[N+]c1cnc(N)nc1N[C@@H](C)c1cc2cccc(-c3ccc(=O)[nH]c3)c2c(=O)n1-c1ccccc1. The van der Waals surface area contributed by atoms with E-state index in [4.69, 9.17) is 12.3 Å². The van der Waals surface area contributed by atoms with E-state index in [1.54, 1.807) is 16.8 Å². The number of nitrogen functional groups attached to an aromatic ring is 1. The first-order valence-corrected chi connectivity index (χ1v) is 11.2. The zero-order valence-electron chi connectivity index (χ0n) is 19.3. The number of hydrogen-bond donors (Lipinski definition) is 3. The standard InChI is InChI=1S/C27H21N7O2/c1-16(32-25-21(29-2)15-31-27(28)33-25)22-13-17-7-6-10-20(18-11-12-23(35)30-14-18)24(17)26(36)34(22)19-8-4-3-5-9-19/h3-16H,1H3,(H,30,35)(H3,28,31,32,33)/t16-/m0/s1. The number of fused-ring (bicyclic) bond motifs is 1. The Morgan fingerprint density at radius 3 is 2.61 bits per heavy atom. The van der Waals surface area contributed by atoms with Crippen LogP contribution in [0.15, 0.2) is 88.7 Å². The average molecular weight is 476 g/mol. The molecule has 4 N–H and O–H groups in total. The van der Waals surface area contributed by atoms with Crippen LogP contribution in [-0.2, 0) is 0 Å². The molecule has 0 saturated heterocycles. The lowest BCUT2D eigenvalue weighted by Gasteiger charge is -2.22. The number of aromatic nitrogens is 4. The van der Waals surface area contributed by atoms with Gasteiger partial charge in [-0.25, -0.2) is 14.8 Å². The molecule has 0 aliphatic carbocycles. The Kier molecular flexibility index (Phi) is 5.76. The minimum absolute atomic E-state index is 0.0432. The summed E-state index contributed by atoms with van der Waals surface area (Å²) in [6.07, 6.45) is 2.97. The van der Waals surface area contributed by atoms with Gasteiger partial charge in [-0.3, -0.25) is 14.2 Å². The largest absolute Gasteiger partial charge is 0.371 e. The van der Waals surface area contributed by atoms with E-state index in [0.29, 0.717) is 28.1 Å². The van der Waals surface area contributed by atoms with E-state index in [1.807, 2.05) is 61.5 Å². The fourth-order valence-corrected chi connectivity index (χ4v) is 4.22. The van der Waals surface area contributed by atoms with Gasteiger partial charge in [0.05, 0.1) is 18.0 Å². The van der Waals surface area contributed by atoms with Gasteiger partial charge in [-0.2, -0.15) is 0 Å². The van der Waals surface area contributed by atoms with Crippen LogP contribution in [0.3, 0.4) is 0 Å². The Labute approximate surface area is 205 Å². The van der Waals surface area contributed by atoms with Crippen molar-refractivity contribution in [3.8, 4) is 16.8 Å². The molecule has 1 atom stereocenters. The highest BCUT2D eigenvalue weighted by Crippen LogP contribution is 2.31. The molecule has 3 aromatic heterocycles. The highest BCUT2D eigenvalue weighted by atomic mass is 16.1. The van der Waals surface area contributed by atoms with Gasteiger partial charge in [0, 0.05) is 29.8 Å². The predicted molar refractivity (Wildman–Crippen MR) is 140 cm³/mol. The van der Waals surface area contributed by atoms with Gasteiger partial charge in [-0.1, -0.05) is 36.4 Å². The molecule has 0 spiro atoms. The summed E-state index contributed by atoms with van der Waals surface area (Å²) < 4.78 is 1.65. The number of nitrogens with zero attached hydrogens (tertiary/aromatic N) is 4. The maximum Gasteiger partial charge on any atom is 0.263 e. The first-order valence-electron chi connectivity index (χ1n) is 11.2. The predicted octanol–water partition coefficient (Wildman–Crippen LogP) is 4.44. The fraction of sp³-hybridized carbons (Fsp3) is 0.0741. The maximum atomic E-state index is 14.1. The lowest BCUT2D eigenvalue weighted by Crippen LogP contribution is -2.26. The summed E-state index contributed by atoms with van der Waals surface area (Å²) in [5.74, 6) is 0.334. The minimum atomic E-state index is -0.422. The zero-order valence-corrected chi connectivity index (χ0v) is 19.3. The lowest BCUT2D eigenvalue weighted by molar-refractivity contribution is 0.774. The van der Waals surface area contributed by atoms with Crippen molar-refractivity contribution in [1.29, 1.82) is 0 Å². The summed E-state index contributed by atoms with van der Waals surface area (Å²) >= 11 is 0. The Morgan fingerprint density at radius 2 is 1.89 bits per heavy atom. The molecule has 36 heavy (non-hydrogen) atoms. The fourth-order valence-electron chi connectivity index (χ4n) is 4.22. The highest BCUT2D eigenvalue weighted by Gasteiger charge is 2.20. The second-order valence-corrected chi connectivity index (χ2v) is 8.20. The van der Waals surface area contributed by atoms with Gasteiger partial charge in [0.15, 0.2) is 0 Å². The van der Waals surface area contributed by atoms with Crippen molar-refractivity contribution in [3.05, 3.63) is 117 Å². The molecule has 9 heteroatoms. The summed E-state index contributed by atoms with van der Waals surface area (Å²) in [6, 6.07) is 19.6. The monoisotopic (exact) mass is 475 g/mol. The van der Waals surface area contributed by atoms with E-state index in [0.717, 1.165) is 10.9 Å². The van der Waals surface area contributed by atoms with Crippen LogP contribution in [0, 0.1) is 6.57 Å². The molecular formula is C27H21N7O2. The van der Waals surface area contributed by atoms with Crippen molar-refractivity contribution in [1.82, 2.24) is 19.5 Å². The Hall–Kier alpha value is -5.23. The molecule has 0 amide bonds. The van der Waals surface area contributed by atoms with Crippen molar-refractivity contribution in [2.75, 3.05) is 11.1 Å². The van der Waals surface area contributed by atoms with Crippen LogP contribution in [0.5, 0.6) is 0 Å². The topological polar surface area (TPSA) is 123 Å². The maximum absolute atomic E-state index is 14.1. The lowest BCUT2D eigenvalue weighted by atomic mass is 9.99. The Bertz CT molecular complexity index is 1730. The van der Waals surface area contributed by atoms with Crippen LogP contribution in [0.4, 0.5) is 17.5 Å². The highest BCUT2D eigenvalue weighted by molar-refractivity contribution is 5.96. The van der Waals surface area contributed by atoms with Crippen LogP contribution in [0.1, 0.15) is 18.7 Å². The van der Waals surface area contributed by atoms with Crippen LogP contribution < -0.4 is 22.2 Å². The molecule has 0 radical (unpaired) electrons. The van der Waals surface area contributed by atoms with E-state index in [9.17, 15) is 9.59 Å². The number of rotatable bonds is 5. The molecule has 176 valence electrons. The third-order valence-electron chi connectivity index (χ3n) is 5.89. The summed E-state index contributed by atoms with van der Waals surface area (Å²) in [7, 11) is 0. The summed E-state index contributed by atoms with van der Waals surface area (Å²) in [5, 5.41) is 4.50. The van der Waals surface area contributed by atoms with Gasteiger partial charge in [-0.05, 0) is 47.7 Å². The molecule has 5 aromatic rings. The molecular weight excluding hydrogens is 454 g/mol. The molecule has 2 aromatic carbocycles. The van der Waals surface area contributed by atoms with Crippen molar-refractivity contribution >= 4 is 28.2 Å². The number of benzene rings is 2. The second kappa shape index (κ2) is 9.19. The van der Waals surface area contributed by atoms with Crippen LogP contribution in [0.2, 0.25) is 0 Å².